The van der Waals surface area contributed by atoms with Crippen LogP contribution in [0.25, 0.3) is 0 Å². The molecule has 0 fully saturated rings. The SMILES string of the molecule is COc1ccc(CCNC(=O)CN2C(=O)CC(c3ccc4c(c3)OCO4)S(=O)(=O)c3ccccc32)cc1OC. The van der Waals surface area contributed by atoms with Crippen LogP contribution in [0.4, 0.5) is 5.69 Å². The molecule has 3 aromatic carbocycles. The lowest BCUT2D eigenvalue weighted by Gasteiger charge is -2.22. The summed E-state index contributed by atoms with van der Waals surface area (Å²) in [5.74, 6) is 1.27. The van der Waals surface area contributed by atoms with Gasteiger partial charge in [0.15, 0.2) is 32.8 Å². The van der Waals surface area contributed by atoms with Crippen molar-refractivity contribution in [2.75, 3.05) is 39.0 Å². The van der Waals surface area contributed by atoms with Gasteiger partial charge in [0, 0.05) is 13.0 Å². The molecule has 2 heterocycles. The molecule has 0 saturated carbocycles. The molecule has 1 unspecified atom stereocenters. The molecule has 2 amide bonds. The average Bonchev–Trinajstić information content (AvgIpc) is 3.39. The molecule has 0 spiro atoms. The number of nitrogens with zero attached hydrogens (tertiary/aromatic N) is 1. The van der Waals surface area contributed by atoms with E-state index in [0.717, 1.165) is 5.56 Å². The van der Waals surface area contributed by atoms with Crippen LogP contribution in [0.15, 0.2) is 65.6 Å². The number of hydrogen-bond acceptors (Lipinski definition) is 8. The largest absolute Gasteiger partial charge is 0.493 e. The highest BCUT2D eigenvalue weighted by Gasteiger charge is 2.40. The molecular formula is C28H28N2O8S. The van der Waals surface area contributed by atoms with Crippen molar-refractivity contribution in [3.63, 3.8) is 0 Å². The van der Waals surface area contributed by atoms with Crippen LogP contribution in [0, 0.1) is 0 Å². The van der Waals surface area contributed by atoms with Crippen molar-refractivity contribution in [2.24, 2.45) is 0 Å². The molecule has 10 nitrogen and oxygen atoms in total. The summed E-state index contributed by atoms with van der Waals surface area (Å²) in [7, 11) is -0.859. The quantitative estimate of drug-likeness (QED) is 0.453. The summed E-state index contributed by atoms with van der Waals surface area (Å²) in [6.07, 6.45) is 0.201. The Balaban J connectivity index is 1.33. The van der Waals surface area contributed by atoms with Crippen LogP contribution in [0.2, 0.25) is 0 Å². The van der Waals surface area contributed by atoms with Crippen LogP contribution in [-0.2, 0) is 25.8 Å². The Morgan fingerprint density at radius 1 is 1.00 bits per heavy atom. The number of carbonyl (C=O) groups is 2. The Hall–Kier alpha value is -4.25. The van der Waals surface area contributed by atoms with E-state index in [4.69, 9.17) is 18.9 Å². The zero-order chi connectivity index (χ0) is 27.6. The maximum atomic E-state index is 13.8. The number of carbonyl (C=O) groups excluding carboxylic acids is 2. The molecule has 3 aromatic rings. The van der Waals surface area contributed by atoms with Crippen molar-refractivity contribution in [1.82, 2.24) is 5.32 Å². The number of ether oxygens (including phenoxy) is 4. The van der Waals surface area contributed by atoms with E-state index >= 15 is 0 Å². The van der Waals surface area contributed by atoms with E-state index in [9.17, 15) is 18.0 Å². The number of rotatable bonds is 8. The maximum Gasteiger partial charge on any atom is 0.240 e. The van der Waals surface area contributed by atoms with Crippen molar-refractivity contribution < 1.29 is 37.0 Å². The third kappa shape index (κ3) is 5.22. The Kier molecular flexibility index (Phi) is 7.34. The lowest BCUT2D eigenvalue weighted by atomic mass is 10.1. The van der Waals surface area contributed by atoms with E-state index in [1.807, 2.05) is 12.1 Å². The summed E-state index contributed by atoms with van der Waals surface area (Å²) in [6, 6.07) is 16.6. The van der Waals surface area contributed by atoms with Crippen molar-refractivity contribution in [1.29, 1.82) is 0 Å². The smallest absolute Gasteiger partial charge is 0.240 e. The van der Waals surface area contributed by atoms with E-state index in [1.165, 1.54) is 11.0 Å². The molecule has 1 N–H and O–H groups in total. The lowest BCUT2D eigenvalue weighted by molar-refractivity contribution is -0.123. The van der Waals surface area contributed by atoms with Gasteiger partial charge in [-0.1, -0.05) is 24.3 Å². The first-order chi connectivity index (χ1) is 18.8. The number of anilines is 1. The molecule has 204 valence electrons. The average molecular weight is 553 g/mol. The zero-order valence-corrected chi connectivity index (χ0v) is 22.3. The second kappa shape index (κ2) is 10.9. The third-order valence-electron chi connectivity index (χ3n) is 6.75. The number of amides is 2. The number of sulfone groups is 1. The van der Waals surface area contributed by atoms with Gasteiger partial charge >= 0.3 is 0 Å². The second-order valence-electron chi connectivity index (χ2n) is 9.09. The highest BCUT2D eigenvalue weighted by atomic mass is 32.2. The highest BCUT2D eigenvalue weighted by molar-refractivity contribution is 7.92. The van der Waals surface area contributed by atoms with Gasteiger partial charge in [-0.15, -0.1) is 0 Å². The van der Waals surface area contributed by atoms with Gasteiger partial charge in [0.25, 0.3) is 0 Å². The molecule has 0 aliphatic carbocycles. The van der Waals surface area contributed by atoms with Gasteiger partial charge in [-0.2, -0.15) is 0 Å². The van der Waals surface area contributed by atoms with Crippen LogP contribution in [0.1, 0.15) is 22.8 Å². The van der Waals surface area contributed by atoms with E-state index in [0.29, 0.717) is 41.5 Å². The minimum atomic E-state index is -3.97. The van der Waals surface area contributed by atoms with Crippen molar-refractivity contribution in [2.45, 2.75) is 23.0 Å². The van der Waals surface area contributed by atoms with Gasteiger partial charge in [-0.05, 0) is 53.9 Å². The van der Waals surface area contributed by atoms with Crippen molar-refractivity contribution >= 4 is 27.3 Å². The van der Waals surface area contributed by atoms with Crippen LogP contribution in [0.3, 0.4) is 0 Å². The van der Waals surface area contributed by atoms with Crippen molar-refractivity contribution in [3.8, 4) is 23.0 Å². The van der Waals surface area contributed by atoms with E-state index in [1.54, 1.807) is 56.7 Å². The maximum absolute atomic E-state index is 13.8. The Morgan fingerprint density at radius 3 is 2.56 bits per heavy atom. The molecule has 2 aliphatic rings. The van der Waals surface area contributed by atoms with Gasteiger partial charge in [0.2, 0.25) is 18.6 Å². The minimum Gasteiger partial charge on any atom is -0.493 e. The number of methoxy groups -OCH3 is 2. The zero-order valence-electron chi connectivity index (χ0n) is 21.5. The van der Waals surface area contributed by atoms with Crippen LogP contribution in [0.5, 0.6) is 23.0 Å². The molecule has 0 saturated heterocycles. The molecule has 2 aliphatic heterocycles. The number of para-hydroxylation sites is 1. The number of benzene rings is 3. The fourth-order valence-electron chi connectivity index (χ4n) is 4.75. The van der Waals surface area contributed by atoms with Crippen molar-refractivity contribution in [3.05, 3.63) is 71.8 Å². The summed E-state index contributed by atoms with van der Waals surface area (Å²) in [4.78, 5) is 27.6. The fraction of sp³-hybridized carbons (Fsp3) is 0.286. The van der Waals surface area contributed by atoms with Gasteiger partial charge in [0.05, 0.1) is 30.1 Å². The van der Waals surface area contributed by atoms with Gasteiger partial charge in [-0.3, -0.25) is 9.59 Å². The first kappa shape index (κ1) is 26.4. The van der Waals surface area contributed by atoms with Crippen LogP contribution in [-0.4, -0.2) is 54.3 Å². The number of hydrogen-bond donors (Lipinski definition) is 1. The van der Waals surface area contributed by atoms with Crippen LogP contribution >= 0.6 is 0 Å². The highest BCUT2D eigenvalue weighted by Crippen LogP contribution is 2.43. The number of nitrogens with one attached hydrogen (secondary N) is 1. The standard InChI is InChI=1S/C28H28N2O8S/c1-35-21-9-7-18(13-23(21)36-2)11-12-29-27(31)16-30-20-5-3-4-6-25(20)39(33,34)26(15-28(30)32)19-8-10-22-24(14-19)38-17-37-22/h3-10,13-14,26H,11-12,15-17H2,1-2H3,(H,29,31). The predicted octanol–water partition coefficient (Wildman–Crippen LogP) is 3.04. The molecular weight excluding hydrogens is 524 g/mol. The molecule has 0 aromatic heterocycles. The van der Waals surface area contributed by atoms with Crippen LogP contribution < -0.4 is 29.2 Å². The molecule has 1 atom stereocenters. The van der Waals surface area contributed by atoms with E-state index < -0.39 is 26.9 Å². The van der Waals surface area contributed by atoms with Gasteiger partial charge in [0.1, 0.15) is 6.54 Å². The molecule has 0 bridgehead atoms. The summed E-state index contributed by atoms with van der Waals surface area (Å²) in [5.41, 5.74) is 1.53. The summed E-state index contributed by atoms with van der Waals surface area (Å²) in [6.45, 7) is 0.0497. The van der Waals surface area contributed by atoms with Gasteiger partial charge < -0.3 is 29.2 Å². The fourth-order valence-corrected chi connectivity index (χ4v) is 6.66. The monoisotopic (exact) mass is 552 g/mol. The second-order valence-corrected chi connectivity index (χ2v) is 11.2. The lowest BCUT2D eigenvalue weighted by Crippen LogP contribution is -2.41. The summed E-state index contributed by atoms with van der Waals surface area (Å²) < 4.78 is 48.8. The molecule has 39 heavy (non-hydrogen) atoms. The first-order valence-electron chi connectivity index (χ1n) is 12.3. The predicted molar refractivity (Wildman–Crippen MR) is 142 cm³/mol. The summed E-state index contributed by atoms with van der Waals surface area (Å²) >= 11 is 0. The third-order valence-corrected chi connectivity index (χ3v) is 8.90. The van der Waals surface area contributed by atoms with Gasteiger partial charge in [-0.25, -0.2) is 8.42 Å². The molecule has 5 rings (SSSR count). The normalized spacial score (nSPS) is 17.2. The Labute approximate surface area is 226 Å². The number of fused-ring (bicyclic) bond motifs is 2. The Morgan fingerprint density at radius 2 is 1.77 bits per heavy atom. The summed E-state index contributed by atoms with van der Waals surface area (Å²) in [5, 5.41) is 1.68. The Bertz CT molecular complexity index is 1520. The molecule has 11 heteroatoms. The van der Waals surface area contributed by atoms with E-state index in [-0.39, 0.29) is 30.3 Å². The molecule has 0 radical (unpaired) electrons. The topological polar surface area (TPSA) is 120 Å². The first-order valence-corrected chi connectivity index (χ1v) is 13.9. The minimum absolute atomic E-state index is 0.00311. The van der Waals surface area contributed by atoms with E-state index in [2.05, 4.69) is 5.32 Å².